The highest BCUT2D eigenvalue weighted by molar-refractivity contribution is 5.61. The summed E-state index contributed by atoms with van der Waals surface area (Å²) in [6.07, 6.45) is 1.07. The van der Waals surface area contributed by atoms with Gasteiger partial charge >= 0.3 is 0 Å². The van der Waals surface area contributed by atoms with Crippen molar-refractivity contribution in [3.05, 3.63) is 28.3 Å². The molecule has 1 aliphatic rings. The molecule has 0 aromatic heterocycles. The Kier molecular flexibility index (Phi) is 4.44. The molecule has 1 N–H and O–H groups in total. The number of nitro benzene ring substituents is 1. The van der Waals surface area contributed by atoms with E-state index in [1.807, 2.05) is 0 Å². The van der Waals surface area contributed by atoms with Gasteiger partial charge in [0.2, 0.25) is 0 Å². The van der Waals surface area contributed by atoms with Crippen LogP contribution in [0.1, 0.15) is 20.3 Å². The predicted molar refractivity (Wildman–Crippen MR) is 78.4 cm³/mol. The number of hydrogen-bond donors (Lipinski definition) is 1. The quantitative estimate of drug-likeness (QED) is 0.662. The summed E-state index contributed by atoms with van der Waals surface area (Å²) in [5.74, 6) is 0.516. The van der Waals surface area contributed by atoms with E-state index in [2.05, 4.69) is 24.1 Å². The fourth-order valence-electron chi connectivity index (χ4n) is 2.51. The van der Waals surface area contributed by atoms with Crippen LogP contribution < -0.4 is 10.1 Å². The van der Waals surface area contributed by atoms with Crippen molar-refractivity contribution < 1.29 is 9.66 Å². The zero-order chi connectivity index (χ0) is 14.7. The molecule has 6 nitrogen and oxygen atoms in total. The summed E-state index contributed by atoms with van der Waals surface area (Å²) in [5, 5.41) is 14.2. The summed E-state index contributed by atoms with van der Waals surface area (Å²) < 4.78 is 5.24. The Morgan fingerprint density at radius 1 is 1.50 bits per heavy atom. The highest BCUT2D eigenvalue weighted by Crippen LogP contribution is 2.30. The van der Waals surface area contributed by atoms with E-state index in [4.69, 9.17) is 4.74 Å². The monoisotopic (exact) mass is 279 g/mol. The maximum absolute atomic E-state index is 10.8. The Hall–Kier alpha value is -1.82. The van der Waals surface area contributed by atoms with Gasteiger partial charge < -0.3 is 10.1 Å². The van der Waals surface area contributed by atoms with E-state index in [1.165, 1.54) is 19.2 Å². The van der Waals surface area contributed by atoms with Gasteiger partial charge in [-0.25, -0.2) is 0 Å². The third kappa shape index (κ3) is 3.19. The molecule has 110 valence electrons. The summed E-state index contributed by atoms with van der Waals surface area (Å²) in [4.78, 5) is 12.8. The molecule has 0 radical (unpaired) electrons. The SMILES string of the molecule is COc1cc([N+](=O)[O-])ccc1NC1CCN(C(C)C)C1. The molecule has 1 saturated heterocycles. The fraction of sp³-hybridized carbons (Fsp3) is 0.571. The molecule has 1 aliphatic heterocycles. The molecule has 0 bridgehead atoms. The lowest BCUT2D eigenvalue weighted by molar-refractivity contribution is -0.384. The number of nitro groups is 1. The van der Waals surface area contributed by atoms with Gasteiger partial charge in [0.05, 0.1) is 23.8 Å². The molecular weight excluding hydrogens is 258 g/mol. The van der Waals surface area contributed by atoms with Crippen molar-refractivity contribution in [1.82, 2.24) is 4.90 Å². The van der Waals surface area contributed by atoms with Gasteiger partial charge in [0.1, 0.15) is 5.75 Å². The van der Waals surface area contributed by atoms with Gasteiger partial charge in [-0.1, -0.05) is 0 Å². The smallest absolute Gasteiger partial charge is 0.273 e. The van der Waals surface area contributed by atoms with Crippen molar-refractivity contribution in [2.45, 2.75) is 32.4 Å². The normalized spacial score (nSPS) is 19.3. The zero-order valence-corrected chi connectivity index (χ0v) is 12.1. The first-order valence-electron chi connectivity index (χ1n) is 6.84. The number of likely N-dealkylation sites (tertiary alicyclic amines) is 1. The first-order valence-corrected chi connectivity index (χ1v) is 6.84. The van der Waals surface area contributed by atoms with Gasteiger partial charge in [-0.2, -0.15) is 0 Å². The average molecular weight is 279 g/mol. The molecule has 20 heavy (non-hydrogen) atoms. The minimum atomic E-state index is -0.414. The number of nitrogens with zero attached hydrogens (tertiary/aromatic N) is 2. The molecular formula is C14H21N3O3. The van der Waals surface area contributed by atoms with E-state index in [1.54, 1.807) is 6.07 Å². The third-order valence-electron chi connectivity index (χ3n) is 3.71. The first-order chi connectivity index (χ1) is 9.51. The van der Waals surface area contributed by atoms with Crippen molar-refractivity contribution in [2.75, 3.05) is 25.5 Å². The molecule has 1 aromatic carbocycles. The summed E-state index contributed by atoms with van der Waals surface area (Å²) in [7, 11) is 1.53. The van der Waals surface area contributed by atoms with Gasteiger partial charge in [0.15, 0.2) is 0 Å². The lowest BCUT2D eigenvalue weighted by Gasteiger charge is -2.21. The standard InChI is InChI=1S/C14H21N3O3/c1-10(2)16-7-6-11(9-16)15-13-5-4-12(17(18)19)8-14(13)20-3/h4-5,8,10-11,15H,6-7,9H2,1-3H3. The first kappa shape index (κ1) is 14.6. The number of benzene rings is 1. The molecule has 2 rings (SSSR count). The van der Waals surface area contributed by atoms with E-state index in [-0.39, 0.29) is 5.69 Å². The second-order valence-electron chi connectivity index (χ2n) is 5.36. The van der Waals surface area contributed by atoms with E-state index in [0.717, 1.165) is 25.2 Å². The Balaban J connectivity index is 2.08. The van der Waals surface area contributed by atoms with Gasteiger partial charge in [-0.15, -0.1) is 0 Å². The molecule has 1 unspecified atom stereocenters. The van der Waals surface area contributed by atoms with E-state index >= 15 is 0 Å². The van der Waals surface area contributed by atoms with Gasteiger partial charge in [-0.3, -0.25) is 15.0 Å². The minimum absolute atomic E-state index is 0.0441. The number of anilines is 1. The Labute approximate surface area is 118 Å². The topological polar surface area (TPSA) is 67.6 Å². The molecule has 1 heterocycles. The molecule has 0 spiro atoms. The molecule has 0 saturated carbocycles. The maximum atomic E-state index is 10.8. The minimum Gasteiger partial charge on any atom is -0.494 e. The molecule has 6 heteroatoms. The summed E-state index contributed by atoms with van der Waals surface area (Å²) >= 11 is 0. The highest BCUT2D eigenvalue weighted by atomic mass is 16.6. The van der Waals surface area contributed by atoms with Crippen LogP contribution in [0.3, 0.4) is 0 Å². The number of rotatable bonds is 5. The largest absolute Gasteiger partial charge is 0.494 e. The van der Waals surface area contributed by atoms with Crippen molar-refractivity contribution in [3.8, 4) is 5.75 Å². The Morgan fingerprint density at radius 3 is 2.80 bits per heavy atom. The van der Waals surface area contributed by atoms with Crippen LogP contribution in [0.25, 0.3) is 0 Å². The van der Waals surface area contributed by atoms with E-state index < -0.39 is 4.92 Å². The second kappa shape index (κ2) is 6.09. The van der Waals surface area contributed by atoms with Crippen LogP contribution >= 0.6 is 0 Å². The maximum Gasteiger partial charge on any atom is 0.273 e. The van der Waals surface area contributed by atoms with Crippen LogP contribution in [0.2, 0.25) is 0 Å². The average Bonchev–Trinajstić information content (AvgIpc) is 2.87. The van der Waals surface area contributed by atoms with Crippen LogP contribution in [0, 0.1) is 10.1 Å². The second-order valence-corrected chi connectivity index (χ2v) is 5.36. The number of ether oxygens (including phenoxy) is 1. The van der Waals surface area contributed by atoms with Crippen molar-refractivity contribution >= 4 is 11.4 Å². The van der Waals surface area contributed by atoms with Crippen LogP contribution in [0.5, 0.6) is 5.75 Å². The molecule has 1 atom stereocenters. The summed E-state index contributed by atoms with van der Waals surface area (Å²) in [6.45, 7) is 6.44. The van der Waals surface area contributed by atoms with Crippen molar-refractivity contribution in [1.29, 1.82) is 0 Å². The molecule has 1 aromatic rings. The highest BCUT2D eigenvalue weighted by Gasteiger charge is 2.25. The van der Waals surface area contributed by atoms with Gasteiger partial charge in [0, 0.05) is 31.2 Å². The third-order valence-corrected chi connectivity index (χ3v) is 3.71. The molecule has 0 aliphatic carbocycles. The summed E-state index contributed by atoms with van der Waals surface area (Å²) in [5.41, 5.74) is 0.858. The van der Waals surface area contributed by atoms with Gasteiger partial charge in [0.25, 0.3) is 5.69 Å². The lowest BCUT2D eigenvalue weighted by atomic mass is 10.2. The van der Waals surface area contributed by atoms with Crippen molar-refractivity contribution in [3.63, 3.8) is 0 Å². The lowest BCUT2D eigenvalue weighted by Crippen LogP contribution is -2.31. The van der Waals surface area contributed by atoms with Crippen LogP contribution in [0.15, 0.2) is 18.2 Å². The van der Waals surface area contributed by atoms with Crippen LogP contribution in [-0.4, -0.2) is 42.1 Å². The zero-order valence-electron chi connectivity index (χ0n) is 12.1. The van der Waals surface area contributed by atoms with E-state index in [9.17, 15) is 10.1 Å². The van der Waals surface area contributed by atoms with E-state index in [0.29, 0.717) is 17.8 Å². The Bertz CT molecular complexity index is 491. The fourth-order valence-corrected chi connectivity index (χ4v) is 2.51. The summed E-state index contributed by atoms with van der Waals surface area (Å²) in [6, 6.07) is 5.57. The number of hydrogen-bond acceptors (Lipinski definition) is 5. The molecule has 1 fully saturated rings. The number of methoxy groups -OCH3 is 1. The van der Waals surface area contributed by atoms with Crippen molar-refractivity contribution in [2.24, 2.45) is 0 Å². The predicted octanol–water partition coefficient (Wildman–Crippen LogP) is 2.50. The molecule has 0 amide bonds. The number of nitrogens with one attached hydrogen (secondary N) is 1. The van der Waals surface area contributed by atoms with Crippen LogP contribution in [0.4, 0.5) is 11.4 Å². The van der Waals surface area contributed by atoms with Crippen LogP contribution in [-0.2, 0) is 0 Å². The van der Waals surface area contributed by atoms with Gasteiger partial charge in [-0.05, 0) is 26.3 Å². The number of non-ortho nitro benzene ring substituents is 1. The Morgan fingerprint density at radius 2 is 2.25 bits per heavy atom.